The van der Waals surface area contributed by atoms with Gasteiger partial charge in [0.05, 0.1) is 13.2 Å². The minimum atomic E-state index is -0.214. The quantitative estimate of drug-likeness (QED) is 0.593. The van der Waals surface area contributed by atoms with E-state index in [4.69, 9.17) is 16.3 Å². The first kappa shape index (κ1) is 20.9. The van der Waals surface area contributed by atoms with E-state index in [-0.39, 0.29) is 18.0 Å². The van der Waals surface area contributed by atoms with Crippen molar-refractivity contribution < 1.29 is 14.8 Å². The molecule has 4 nitrogen and oxygen atoms in total. The molecule has 0 unspecified atom stereocenters. The van der Waals surface area contributed by atoms with Gasteiger partial charge in [-0.3, -0.25) is 4.79 Å². The Labute approximate surface area is 176 Å². The van der Waals surface area contributed by atoms with E-state index < -0.39 is 0 Å². The number of amides is 1. The first-order valence-corrected chi connectivity index (χ1v) is 10.0. The number of nitrogens with one attached hydrogen (secondary N) is 1. The van der Waals surface area contributed by atoms with E-state index in [0.717, 1.165) is 22.4 Å². The zero-order chi connectivity index (χ0) is 20.6. The van der Waals surface area contributed by atoms with Gasteiger partial charge in [0.15, 0.2) is 6.54 Å². The molecule has 0 saturated heterocycles. The topological polar surface area (TPSA) is 54.9 Å². The molecule has 3 aromatic rings. The summed E-state index contributed by atoms with van der Waals surface area (Å²) in [4.78, 5) is 12.7. The normalized spacial score (nSPS) is 12.8. The zero-order valence-corrected chi connectivity index (χ0v) is 17.4. The van der Waals surface area contributed by atoms with Gasteiger partial charge in [-0.2, -0.15) is 0 Å². The molecule has 0 aliphatic heterocycles. The number of quaternary nitrogens is 1. The zero-order valence-electron chi connectivity index (χ0n) is 16.6. The molecule has 0 fully saturated rings. The number of hydrogen-bond acceptors (Lipinski definition) is 2. The van der Waals surface area contributed by atoms with Crippen LogP contribution in [0.4, 0.5) is 0 Å². The lowest BCUT2D eigenvalue weighted by atomic mass is 9.98. The Hall–Kier alpha value is -2.82. The summed E-state index contributed by atoms with van der Waals surface area (Å²) in [5, 5.41) is 5.91. The Balaban J connectivity index is 1.68. The lowest BCUT2D eigenvalue weighted by Gasteiger charge is -2.20. The number of nitrogens with two attached hydrogens (primary N) is 1. The van der Waals surface area contributed by atoms with Gasteiger partial charge >= 0.3 is 0 Å². The molecule has 0 spiro atoms. The van der Waals surface area contributed by atoms with Crippen LogP contribution in [-0.2, 0) is 4.79 Å². The van der Waals surface area contributed by atoms with E-state index in [1.807, 2.05) is 84.2 Å². The van der Waals surface area contributed by atoms with Crippen LogP contribution in [0.1, 0.15) is 35.7 Å². The van der Waals surface area contributed by atoms with E-state index >= 15 is 0 Å². The van der Waals surface area contributed by atoms with Crippen LogP contribution in [0.2, 0.25) is 5.02 Å². The fourth-order valence-corrected chi connectivity index (χ4v) is 3.33. The van der Waals surface area contributed by atoms with Crippen molar-refractivity contribution >= 4 is 17.5 Å². The lowest BCUT2D eigenvalue weighted by molar-refractivity contribution is -0.682. The number of carbonyl (C=O) groups is 1. The van der Waals surface area contributed by atoms with Gasteiger partial charge in [-0.1, -0.05) is 66.2 Å². The van der Waals surface area contributed by atoms with E-state index in [2.05, 4.69) is 12.2 Å². The van der Waals surface area contributed by atoms with Gasteiger partial charge in [0.2, 0.25) is 0 Å². The summed E-state index contributed by atoms with van der Waals surface area (Å²) < 4.78 is 5.25. The highest BCUT2D eigenvalue weighted by Crippen LogP contribution is 2.24. The number of ether oxygens (including phenoxy) is 1. The summed E-state index contributed by atoms with van der Waals surface area (Å²) >= 11 is 5.95. The molecule has 3 rings (SSSR count). The van der Waals surface area contributed by atoms with Crippen molar-refractivity contribution in [3.05, 3.63) is 101 Å². The first-order chi connectivity index (χ1) is 14.1. The van der Waals surface area contributed by atoms with Gasteiger partial charge in [-0.25, -0.2) is 0 Å². The lowest BCUT2D eigenvalue weighted by Crippen LogP contribution is -2.87. The maximum absolute atomic E-state index is 12.7. The fourth-order valence-electron chi connectivity index (χ4n) is 3.21. The summed E-state index contributed by atoms with van der Waals surface area (Å²) in [5.74, 6) is 0.771. The van der Waals surface area contributed by atoms with Crippen molar-refractivity contribution in [2.45, 2.75) is 19.0 Å². The van der Waals surface area contributed by atoms with Gasteiger partial charge < -0.3 is 15.4 Å². The highest BCUT2D eigenvalue weighted by atomic mass is 35.5. The molecule has 2 atom stereocenters. The van der Waals surface area contributed by atoms with Crippen LogP contribution in [-0.4, -0.2) is 19.6 Å². The minimum Gasteiger partial charge on any atom is -0.497 e. The predicted molar refractivity (Wildman–Crippen MR) is 116 cm³/mol. The van der Waals surface area contributed by atoms with Gasteiger partial charge in [-0.15, -0.1) is 0 Å². The number of hydrogen-bond donors (Lipinski definition) is 2. The highest BCUT2D eigenvalue weighted by molar-refractivity contribution is 6.30. The Kier molecular flexibility index (Phi) is 7.28. The Bertz CT molecular complexity index is 912. The second kappa shape index (κ2) is 10.1. The van der Waals surface area contributed by atoms with Crippen LogP contribution in [0.5, 0.6) is 5.75 Å². The third-order valence-corrected chi connectivity index (χ3v) is 5.19. The van der Waals surface area contributed by atoms with Gasteiger partial charge in [0.25, 0.3) is 5.91 Å². The van der Waals surface area contributed by atoms with Crippen molar-refractivity contribution in [1.82, 2.24) is 5.32 Å². The average Bonchev–Trinajstić information content (AvgIpc) is 2.77. The molecule has 0 bridgehead atoms. The summed E-state index contributed by atoms with van der Waals surface area (Å²) in [6, 6.07) is 25.4. The van der Waals surface area contributed by atoms with Gasteiger partial charge in [-0.05, 0) is 42.3 Å². The van der Waals surface area contributed by atoms with Crippen LogP contribution >= 0.6 is 11.6 Å². The monoisotopic (exact) mass is 409 g/mol. The molecular weight excluding hydrogens is 384 g/mol. The number of benzene rings is 3. The molecule has 3 aromatic carbocycles. The number of carbonyl (C=O) groups excluding carboxylic acids is 1. The summed E-state index contributed by atoms with van der Waals surface area (Å²) in [5.41, 5.74) is 3.19. The predicted octanol–water partition coefficient (Wildman–Crippen LogP) is 3.88. The number of methoxy groups -OCH3 is 1. The van der Waals surface area contributed by atoms with Crippen molar-refractivity contribution in [1.29, 1.82) is 0 Å². The van der Waals surface area contributed by atoms with Crippen LogP contribution in [0.15, 0.2) is 78.9 Å². The van der Waals surface area contributed by atoms with Crippen LogP contribution in [0.25, 0.3) is 0 Å². The van der Waals surface area contributed by atoms with E-state index in [1.54, 1.807) is 7.11 Å². The molecule has 5 heteroatoms. The Morgan fingerprint density at radius 2 is 1.52 bits per heavy atom. The summed E-state index contributed by atoms with van der Waals surface area (Å²) in [6.07, 6.45) is 0. The molecule has 0 aromatic heterocycles. The molecule has 0 aliphatic carbocycles. The molecule has 0 saturated carbocycles. The molecule has 3 N–H and O–H groups in total. The minimum absolute atomic E-state index is 0.0181. The van der Waals surface area contributed by atoms with Crippen LogP contribution < -0.4 is 15.4 Å². The van der Waals surface area contributed by atoms with Crippen molar-refractivity contribution in [3.63, 3.8) is 0 Å². The average molecular weight is 410 g/mol. The van der Waals surface area contributed by atoms with Crippen molar-refractivity contribution in [3.8, 4) is 5.75 Å². The second-order valence-corrected chi connectivity index (χ2v) is 7.40. The Morgan fingerprint density at radius 3 is 2.14 bits per heavy atom. The van der Waals surface area contributed by atoms with Crippen LogP contribution in [0.3, 0.4) is 0 Å². The standard InChI is InChI=1S/C24H25ClN2O2/c1-17(18-8-12-21(25)13-9-18)26-16-23(28)27-24(19-6-4-3-5-7-19)20-10-14-22(29-2)15-11-20/h3-15,17,24,26H,16H2,1-2H3,(H,27,28)/p+1/t17-,24+/m1/s1. The third kappa shape index (κ3) is 5.83. The third-order valence-electron chi connectivity index (χ3n) is 4.94. The summed E-state index contributed by atoms with van der Waals surface area (Å²) in [6.45, 7) is 2.41. The van der Waals surface area contributed by atoms with E-state index in [9.17, 15) is 4.79 Å². The van der Waals surface area contributed by atoms with E-state index in [0.29, 0.717) is 11.6 Å². The molecule has 0 aliphatic rings. The SMILES string of the molecule is COc1ccc([C@@H](NC(=O)C[NH2+][C@H](C)c2ccc(Cl)cc2)c2ccccc2)cc1. The maximum atomic E-state index is 12.7. The molecular formula is C24H26ClN2O2+. The Morgan fingerprint density at radius 1 is 0.931 bits per heavy atom. The second-order valence-electron chi connectivity index (χ2n) is 6.96. The van der Waals surface area contributed by atoms with Gasteiger partial charge in [0.1, 0.15) is 11.8 Å². The van der Waals surface area contributed by atoms with Gasteiger partial charge in [0, 0.05) is 10.6 Å². The molecule has 29 heavy (non-hydrogen) atoms. The first-order valence-electron chi connectivity index (χ1n) is 9.64. The summed E-state index contributed by atoms with van der Waals surface area (Å²) in [7, 11) is 1.64. The highest BCUT2D eigenvalue weighted by Gasteiger charge is 2.19. The molecule has 0 radical (unpaired) electrons. The van der Waals surface area contributed by atoms with Crippen LogP contribution in [0, 0.1) is 0 Å². The molecule has 150 valence electrons. The van der Waals surface area contributed by atoms with E-state index in [1.165, 1.54) is 0 Å². The maximum Gasteiger partial charge on any atom is 0.275 e. The number of rotatable bonds is 8. The molecule has 1 amide bonds. The fraction of sp³-hybridized carbons (Fsp3) is 0.208. The largest absolute Gasteiger partial charge is 0.497 e. The van der Waals surface area contributed by atoms with Crippen molar-refractivity contribution in [2.24, 2.45) is 0 Å². The van der Waals surface area contributed by atoms with Crippen molar-refractivity contribution in [2.75, 3.05) is 13.7 Å². The number of halogens is 1. The molecule has 0 heterocycles. The smallest absolute Gasteiger partial charge is 0.275 e.